The lowest BCUT2D eigenvalue weighted by molar-refractivity contribution is -0.146. The van der Waals surface area contributed by atoms with Gasteiger partial charge >= 0.3 is 11.9 Å². The summed E-state index contributed by atoms with van der Waals surface area (Å²) in [5.41, 5.74) is -1.24. The second kappa shape index (κ2) is 9.33. The van der Waals surface area contributed by atoms with E-state index in [9.17, 15) is 31.5 Å². The third-order valence-corrected chi connectivity index (χ3v) is 3.02. The van der Waals surface area contributed by atoms with Gasteiger partial charge in [0.05, 0.1) is 12.2 Å². The van der Waals surface area contributed by atoms with E-state index < -0.39 is 53.2 Å². The molecule has 1 rings (SSSR count). The van der Waals surface area contributed by atoms with Crippen LogP contribution >= 0.6 is 0 Å². The van der Waals surface area contributed by atoms with Gasteiger partial charge in [0, 0.05) is 12.8 Å². The summed E-state index contributed by atoms with van der Waals surface area (Å²) in [6, 6.07) is 0. The first-order valence-corrected chi connectivity index (χ1v) is 7.46. The van der Waals surface area contributed by atoms with Crippen LogP contribution in [0.15, 0.2) is 0 Å². The molecular weight excluding hydrogens is 351 g/mol. The fourth-order valence-corrected chi connectivity index (χ4v) is 1.71. The molecular formula is C16H17F5O4. The van der Waals surface area contributed by atoms with Crippen molar-refractivity contribution in [2.24, 2.45) is 5.92 Å². The van der Waals surface area contributed by atoms with E-state index in [1.165, 1.54) is 0 Å². The van der Waals surface area contributed by atoms with Gasteiger partial charge in [0.15, 0.2) is 23.3 Å². The lowest BCUT2D eigenvalue weighted by atomic mass is 10.2. The van der Waals surface area contributed by atoms with Crippen molar-refractivity contribution in [2.75, 3.05) is 6.61 Å². The number of halogens is 5. The first kappa shape index (κ1) is 20.9. The van der Waals surface area contributed by atoms with Gasteiger partial charge in [-0.1, -0.05) is 13.8 Å². The van der Waals surface area contributed by atoms with Crippen molar-refractivity contribution in [3.8, 4) is 0 Å². The fourth-order valence-electron chi connectivity index (χ4n) is 1.71. The Morgan fingerprint density at radius 2 is 1.24 bits per heavy atom. The van der Waals surface area contributed by atoms with E-state index in [1.807, 2.05) is 13.8 Å². The Labute approximate surface area is 140 Å². The molecule has 0 fully saturated rings. The van der Waals surface area contributed by atoms with Crippen molar-refractivity contribution in [1.82, 2.24) is 0 Å². The zero-order valence-corrected chi connectivity index (χ0v) is 13.6. The number of ether oxygens (including phenoxy) is 2. The minimum Gasteiger partial charge on any atom is -0.465 e. The summed E-state index contributed by atoms with van der Waals surface area (Å²) in [4.78, 5) is 22.8. The molecule has 0 aliphatic carbocycles. The Balaban J connectivity index is 2.49. The highest BCUT2D eigenvalue weighted by Gasteiger charge is 2.26. The Bertz CT molecular complexity index is 617. The summed E-state index contributed by atoms with van der Waals surface area (Å²) in [7, 11) is 0. The minimum absolute atomic E-state index is 0.0624. The molecule has 4 nitrogen and oxygen atoms in total. The zero-order valence-electron chi connectivity index (χ0n) is 13.6. The topological polar surface area (TPSA) is 52.6 Å². The third-order valence-electron chi connectivity index (χ3n) is 3.02. The smallest absolute Gasteiger partial charge is 0.306 e. The molecule has 0 aliphatic heterocycles. The largest absolute Gasteiger partial charge is 0.465 e. The Morgan fingerprint density at radius 1 is 0.800 bits per heavy atom. The minimum atomic E-state index is -2.29. The maximum atomic E-state index is 13.4. The highest BCUT2D eigenvalue weighted by atomic mass is 19.2. The predicted octanol–water partition coefficient (Wildman–Crippen LogP) is 3.79. The monoisotopic (exact) mass is 368 g/mol. The molecule has 1 aromatic carbocycles. The summed E-state index contributed by atoms with van der Waals surface area (Å²) >= 11 is 0. The van der Waals surface area contributed by atoms with E-state index in [2.05, 4.69) is 4.74 Å². The molecule has 0 bridgehead atoms. The molecule has 9 heteroatoms. The summed E-state index contributed by atoms with van der Waals surface area (Å²) in [5.74, 6) is -11.9. The number of hydrogen-bond acceptors (Lipinski definition) is 4. The Kier molecular flexibility index (Phi) is 7.79. The van der Waals surface area contributed by atoms with Gasteiger partial charge in [0.1, 0.15) is 6.61 Å². The van der Waals surface area contributed by atoms with E-state index in [1.54, 1.807) is 0 Å². The van der Waals surface area contributed by atoms with E-state index in [0.29, 0.717) is 0 Å². The molecule has 25 heavy (non-hydrogen) atoms. The van der Waals surface area contributed by atoms with Crippen LogP contribution in [0.5, 0.6) is 0 Å². The van der Waals surface area contributed by atoms with E-state index >= 15 is 0 Å². The molecule has 0 amide bonds. The number of carbonyl (C=O) groups is 2. The van der Waals surface area contributed by atoms with Crippen LogP contribution in [0.25, 0.3) is 0 Å². The second-order valence-electron chi connectivity index (χ2n) is 5.64. The highest BCUT2D eigenvalue weighted by Crippen LogP contribution is 2.23. The van der Waals surface area contributed by atoms with Gasteiger partial charge in [-0.3, -0.25) is 9.59 Å². The van der Waals surface area contributed by atoms with E-state index in [-0.39, 0.29) is 31.8 Å². The Morgan fingerprint density at radius 3 is 1.72 bits per heavy atom. The number of esters is 2. The molecule has 0 aromatic heterocycles. The maximum absolute atomic E-state index is 13.4. The number of carbonyl (C=O) groups excluding carboxylic acids is 2. The van der Waals surface area contributed by atoms with Crippen molar-refractivity contribution < 1.29 is 41.0 Å². The third kappa shape index (κ3) is 5.99. The summed E-state index contributed by atoms with van der Waals surface area (Å²) in [6.07, 6.45) is -0.274. The van der Waals surface area contributed by atoms with Crippen LogP contribution in [-0.2, 0) is 25.7 Å². The van der Waals surface area contributed by atoms with Crippen LogP contribution in [0.1, 0.15) is 38.7 Å². The molecule has 0 unspecified atom stereocenters. The Hall–Kier alpha value is -2.19. The standard InChI is InChI=1S/C16H17F5O4/c1-8(2)6-24-10(22)4-3-5-11(23)25-7-9-12(17)14(19)16(21)15(20)13(9)18/h8H,3-7H2,1-2H3. The molecule has 1 aromatic rings. The quantitative estimate of drug-likeness (QED) is 0.303. The first-order valence-electron chi connectivity index (χ1n) is 7.46. The molecule has 0 aliphatic rings. The van der Waals surface area contributed by atoms with Gasteiger partial charge in [-0.05, 0) is 12.3 Å². The van der Waals surface area contributed by atoms with E-state index in [0.717, 1.165) is 0 Å². The normalized spacial score (nSPS) is 10.9. The average Bonchev–Trinajstić information content (AvgIpc) is 2.56. The van der Waals surface area contributed by atoms with Crippen molar-refractivity contribution in [3.63, 3.8) is 0 Å². The molecule has 0 atom stereocenters. The van der Waals surface area contributed by atoms with Crippen LogP contribution in [0.3, 0.4) is 0 Å². The fraction of sp³-hybridized carbons (Fsp3) is 0.500. The molecule has 0 spiro atoms. The maximum Gasteiger partial charge on any atom is 0.306 e. The summed E-state index contributed by atoms with van der Waals surface area (Å²) in [6.45, 7) is 2.83. The van der Waals surface area contributed by atoms with Gasteiger partial charge in [0.2, 0.25) is 5.82 Å². The molecule has 0 radical (unpaired) electrons. The van der Waals surface area contributed by atoms with Crippen molar-refractivity contribution in [2.45, 2.75) is 39.7 Å². The van der Waals surface area contributed by atoms with Gasteiger partial charge in [0.25, 0.3) is 0 Å². The summed E-state index contributed by atoms with van der Waals surface area (Å²) in [5, 5.41) is 0. The molecule has 0 saturated carbocycles. The van der Waals surface area contributed by atoms with Crippen LogP contribution in [-0.4, -0.2) is 18.5 Å². The second-order valence-corrected chi connectivity index (χ2v) is 5.64. The summed E-state index contributed by atoms with van der Waals surface area (Å²) < 4.78 is 75.0. The van der Waals surface area contributed by atoms with Gasteiger partial charge in [-0.2, -0.15) is 0 Å². The van der Waals surface area contributed by atoms with Crippen molar-refractivity contribution in [1.29, 1.82) is 0 Å². The molecule has 0 heterocycles. The van der Waals surface area contributed by atoms with Crippen molar-refractivity contribution >= 4 is 11.9 Å². The van der Waals surface area contributed by atoms with Crippen LogP contribution in [0, 0.1) is 35.0 Å². The molecule has 0 N–H and O–H groups in total. The van der Waals surface area contributed by atoms with E-state index in [4.69, 9.17) is 4.74 Å². The number of rotatable bonds is 8. The average molecular weight is 368 g/mol. The highest BCUT2D eigenvalue weighted by molar-refractivity contribution is 5.72. The van der Waals surface area contributed by atoms with Crippen LogP contribution in [0.4, 0.5) is 22.0 Å². The first-order chi connectivity index (χ1) is 11.6. The number of benzene rings is 1. The predicted molar refractivity (Wildman–Crippen MR) is 75.7 cm³/mol. The van der Waals surface area contributed by atoms with Gasteiger partial charge in [-0.15, -0.1) is 0 Å². The van der Waals surface area contributed by atoms with Crippen molar-refractivity contribution in [3.05, 3.63) is 34.6 Å². The zero-order chi connectivity index (χ0) is 19.1. The van der Waals surface area contributed by atoms with Crippen LogP contribution in [0.2, 0.25) is 0 Å². The lowest BCUT2D eigenvalue weighted by Crippen LogP contribution is -2.13. The molecule has 0 saturated heterocycles. The lowest BCUT2D eigenvalue weighted by Gasteiger charge is -2.09. The van der Waals surface area contributed by atoms with Crippen LogP contribution < -0.4 is 0 Å². The SMILES string of the molecule is CC(C)COC(=O)CCCC(=O)OCc1c(F)c(F)c(F)c(F)c1F. The molecule has 140 valence electrons. The van der Waals surface area contributed by atoms with Gasteiger partial charge < -0.3 is 9.47 Å². The van der Waals surface area contributed by atoms with Gasteiger partial charge in [-0.25, -0.2) is 22.0 Å². The number of hydrogen-bond donors (Lipinski definition) is 0.